The molecule has 2 unspecified atom stereocenters. The van der Waals surface area contributed by atoms with Gasteiger partial charge in [0.25, 0.3) is 0 Å². The van der Waals surface area contributed by atoms with Crippen molar-refractivity contribution in [2.24, 2.45) is 5.92 Å². The van der Waals surface area contributed by atoms with Gasteiger partial charge in [-0.2, -0.15) is 0 Å². The Bertz CT molecular complexity index is 512. The molecule has 2 atom stereocenters. The number of rotatable bonds is 3. The molecule has 1 aliphatic heterocycles. The maximum Gasteiger partial charge on any atom is 0.126 e. The van der Waals surface area contributed by atoms with E-state index in [1.54, 1.807) is 13.0 Å². The van der Waals surface area contributed by atoms with E-state index in [2.05, 4.69) is 4.90 Å². The summed E-state index contributed by atoms with van der Waals surface area (Å²) in [6.45, 7) is 5.09. The number of benzene rings is 1. The van der Waals surface area contributed by atoms with Crippen LogP contribution >= 0.6 is 0 Å². The number of aliphatic hydroxyl groups is 1. The van der Waals surface area contributed by atoms with Gasteiger partial charge in [-0.05, 0) is 62.9 Å². The van der Waals surface area contributed by atoms with Gasteiger partial charge in [-0.3, -0.25) is 0 Å². The highest BCUT2D eigenvalue weighted by molar-refractivity contribution is 5.29. The molecule has 122 valence electrons. The number of nitrogens with zero attached hydrogens (tertiary/aromatic N) is 1. The van der Waals surface area contributed by atoms with Crippen molar-refractivity contribution < 1.29 is 9.50 Å². The lowest BCUT2D eigenvalue weighted by atomic mass is 9.77. The van der Waals surface area contributed by atoms with Crippen molar-refractivity contribution in [3.05, 3.63) is 35.1 Å². The Morgan fingerprint density at radius 2 is 1.95 bits per heavy atom. The molecular weight excluding hydrogens is 277 g/mol. The molecule has 1 aliphatic carbocycles. The van der Waals surface area contributed by atoms with Gasteiger partial charge in [-0.15, -0.1) is 0 Å². The topological polar surface area (TPSA) is 23.5 Å². The molecular formula is C19H28FNO. The lowest BCUT2D eigenvalue weighted by Crippen LogP contribution is -2.41. The summed E-state index contributed by atoms with van der Waals surface area (Å²) < 4.78 is 13.6. The van der Waals surface area contributed by atoms with E-state index in [0.717, 1.165) is 44.5 Å². The number of hydrogen-bond acceptors (Lipinski definition) is 2. The van der Waals surface area contributed by atoms with Crippen LogP contribution in [-0.2, 0) is 5.60 Å². The van der Waals surface area contributed by atoms with Crippen molar-refractivity contribution in [1.82, 2.24) is 4.90 Å². The monoisotopic (exact) mass is 305 g/mol. The summed E-state index contributed by atoms with van der Waals surface area (Å²) in [6.07, 6.45) is 7.88. The highest BCUT2D eigenvalue weighted by Gasteiger charge is 2.40. The van der Waals surface area contributed by atoms with Crippen LogP contribution in [0.4, 0.5) is 4.39 Å². The third-order valence-corrected chi connectivity index (χ3v) is 5.62. The fourth-order valence-electron chi connectivity index (χ4n) is 4.22. The van der Waals surface area contributed by atoms with Crippen molar-refractivity contribution in [2.75, 3.05) is 19.6 Å². The minimum Gasteiger partial charge on any atom is -0.385 e. The Kier molecular flexibility index (Phi) is 4.84. The lowest BCUT2D eigenvalue weighted by Gasteiger charge is -2.38. The van der Waals surface area contributed by atoms with E-state index in [0.29, 0.717) is 5.56 Å². The van der Waals surface area contributed by atoms with E-state index in [1.165, 1.54) is 31.7 Å². The molecule has 1 aromatic carbocycles. The predicted molar refractivity (Wildman–Crippen MR) is 87.3 cm³/mol. The Morgan fingerprint density at radius 3 is 2.68 bits per heavy atom. The van der Waals surface area contributed by atoms with E-state index < -0.39 is 5.60 Å². The van der Waals surface area contributed by atoms with Gasteiger partial charge in [0, 0.05) is 12.5 Å². The van der Waals surface area contributed by atoms with Gasteiger partial charge < -0.3 is 10.0 Å². The maximum absolute atomic E-state index is 13.6. The molecule has 22 heavy (non-hydrogen) atoms. The molecule has 2 nitrogen and oxygen atoms in total. The second kappa shape index (κ2) is 6.67. The quantitative estimate of drug-likeness (QED) is 0.853. The zero-order valence-corrected chi connectivity index (χ0v) is 13.7. The standard InChI is InChI=1S/C19H28FNO/c1-15-13-16(8-9-18(15)20)19(22)10-4-2-3-7-17(19)14-21-11-5-6-12-21/h8-9,13,17,22H,2-7,10-12,14H2,1H3. The molecule has 3 rings (SSSR count). The van der Waals surface area contributed by atoms with Gasteiger partial charge in [-0.25, -0.2) is 4.39 Å². The molecule has 0 radical (unpaired) electrons. The summed E-state index contributed by atoms with van der Waals surface area (Å²) in [5.74, 6) is 0.0787. The van der Waals surface area contributed by atoms with E-state index in [-0.39, 0.29) is 11.7 Å². The Hall–Kier alpha value is -0.930. The van der Waals surface area contributed by atoms with Crippen LogP contribution < -0.4 is 0 Å². The summed E-state index contributed by atoms with van der Waals surface area (Å²) in [7, 11) is 0. The molecule has 0 bridgehead atoms. The average Bonchev–Trinajstić information content (AvgIpc) is 2.94. The summed E-state index contributed by atoms with van der Waals surface area (Å²) in [5.41, 5.74) is 0.755. The molecule has 0 spiro atoms. The minimum atomic E-state index is -0.794. The van der Waals surface area contributed by atoms with Gasteiger partial charge >= 0.3 is 0 Å². The summed E-state index contributed by atoms with van der Waals surface area (Å²) >= 11 is 0. The van der Waals surface area contributed by atoms with E-state index in [1.807, 2.05) is 6.07 Å². The molecule has 1 aromatic rings. The molecule has 1 saturated heterocycles. The highest BCUT2D eigenvalue weighted by atomic mass is 19.1. The fraction of sp³-hybridized carbons (Fsp3) is 0.684. The second-order valence-corrected chi connectivity index (χ2v) is 7.19. The van der Waals surface area contributed by atoms with Crippen molar-refractivity contribution in [1.29, 1.82) is 0 Å². The maximum atomic E-state index is 13.6. The molecule has 1 heterocycles. The highest BCUT2D eigenvalue weighted by Crippen LogP contribution is 2.41. The van der Waals surface area contributed by atoms with Gasteiger partial charge in [0.1, 0.15) is 5.82 Å². The molecule has 0 aromatic heterocycles. The summed E-state index contributed by atoms with van der Waals surface area (Å²) in [6, 6.07) is 5.17. The molecule has 1 N–H and O–H groups in total. The zero-order chi connectivity index (χ0) is 15.6. The van der Waals surface area contributed by atoms with Crippen LogP contribution in [0.5, 0.6) is 0 Å². The van der Waals surface area contributed by atoms with Crippen LogP contribution in [0.3, 0.4) is 0 Å². The van der Waals surface area contributed by atoms with E-state index >= 15 is 0 Å². The normalized spacial score (nSPS) is 30.4. The van der Waals surface area contributed by atoms with Gasteiger partial charge in [0.2, 0.25) is 0 Å². The third kappa shape index (κ3) is 3.21. The molecule has 3 heteroatoms. The fourth-order valence-corrected chi connectivity index (χ4v) is 4.22. The number of aryl methyl sites for hydroxylation is 1. The summed E-state index contributed by atoms with van der Waals surface area (Å²) in [4.78, 5) is 2.50. The lowest BCUT2D eigenvalue weighted by molar-refractivity contribution is -0.0411. The molecule has 2 fully saturated rings. The summed E-state index contributed by atoms with van der Waals surface area (Å²) in [5, 5.41) is 11.5. The molecule has 2 aliphatic rings. The van der Waals surface area contributed by atoms with Crippen LogP contribution in [-0.4, -0.2) is 29.6 Å². The van der Waals surface area contributed by atoms with Crippen molar-refractivity contribution in [2.45, 2.75) is 57.5 Å². The van der Waals surface area contributed by atoms with Gasteiger partial charge in [0.05, 0.1) is 5.60 Å². The van der Waals surface area contributed by atoms with Crippen LogP contribution in [0.2, 0.25) is 0 Å². The smallest absolute Gasteiger partial charge is 0.126 e. The predicted octanol–water partition coefficient (Wildman–Crippen LogP) is 4.00. The number of hydrogen-bond donors (Lipinski definition) is 1. The largest absolute Gasteiger partial charge is 0.385 e. The minimum absolute atomic E-state index is 0.183. The third-order valence-electron chi connectivity index (χ3n) is 5.62. The van der Waals surface area contributed by atoms with Gasteiger partial charge in [0.15, 0.2) is 0 Å². The first-order valence-electron chi connectivity index (χ1n) is 8.81. The molecule has 0 amide bonds. The number of likely N-dealkylation sites (tertiary alicyclic amines) is 1. The SMILES string of the molecule is Cc1cc(C2(O)CCCCCC2CN2CCCC2)ccc1F. The average molecular weight is 305 g/mol. The second-order valence-electron chi connectivity index (χ2n) is 7.19. The number of halogens is 1. The van der Waals surface area contributed by atoms with Crippen molar-refractivity contribution in [3.8, 4) is 0 Å². The van der Waals surface area contributed by atoms with Crippen LogP contribution in [0, 0.1) is 18.7 Å². The Labute approximate surface area is 133 Å². The zero-order valence-electron chi connectivity index (χ0n) is 13.7. The van der Waals surface area contributed by atoms with E-state index in [4.69, 9.17) is 0 Å². The Balaban J connectivity index is 1.88. The van der Waals surface area contributed by atoms with Gasteiger partial charge in [-0.1, -0.05) is 31.4 Å². The van der Waals surface area contributed by atoms with Crippen molar-refractivity contribution >= 4 is 0 Å². The van der Waals surface area contributed by atoms with Crippen LogP contribution in [0.15, 0.2) is 18.2 Å². The van der Waals surface area contributed by atoms with E-state index in [9.17, 15) is 9.50 Å². The van der Waals surface area contributed by atoms with Crippen LogP contribution in [0.1, 0.15) is 56.1 Å². The molecule has 1 saturated carbocycles. The van der Waals surface area contributed by atoms with Crippen molar-refractivity contribution in [3.63, 3.8) is 0 Å². The first-order chi connectivity index (χ1) is 10.6. The first kappa shape index (κ1) is 15.9. The van der Waals surface area contributed by atoms with Crippen LogP contribution in [0.25, 0.3) is 0 Å². The first-order valence-corrected chi connectivity index (χ1v) is 8.81. The Morgan fingerprint density at radius 1 is 1.18 bits per heavy atom.